The Bertz CT molecular complexity index is 131. The van der Waals surface area contributed by atoms with Crippen LogP contribution < -0.4 is 0 Å². The van der Waals surface area contributed by atoms with E-state index in [-0.39, 0.29) is 0 Å². The van der Waals surface area contributed by atoms with Crippen molar-refractivity contribution in [1.82, 2.24) is 0 Å². The average Bonchev–Trinajstić information content (AvgIpc) is 2.41. The molecule has 72 valence electrons. The fourth-order valence-corrected chi connectivity index (χ4v) is 3.57. The molecule has 0 bridgehead atoms. The van der Waals surface area contributed by atoms with Gasteiger partial charge in [0.1, 0.15) is 0 Å². The summed E-state index contributed by atoms with van der Waals surface area (Å²) in [5, 5.41) is 0.685. The SMILES string of the molecule is CCC1CC(CC)C(CC)C1S. The molecule has 0 spiro atoms. The summed E-state index contributed by atoms with van der Waals surface area (Å²) < 4.78 is 0. The van der Waals surface area contributed by atoms with Gasteiger partial charge >= 0.3 is 0 Å². The minimum absolute atomic E-state index is 0.685. The molecular weight excluding hydrogens is 164 g/mol. The van der Waals surface area contributed by atoms with Crippen molar-refractivity contribution in [2.45, 2.75) is 51.7 Å². The van der Waals surface area contributed by atoms with Crippen molar-refractivity contribution in [2.24, 2.45) is 17.8 Å². The maximum absolute atomic E-state index is 4.76. The second-order valence-corrected chi connectivity index (χ2v) is 4.73. The molecule has 0 saturated heterocycles. The predicted octanol–water partition coefficient (Wildman–Crippen LogP) is 3.77. The van der Waals surface area contributed by atoms with E-state index < -0.39 is 0 Å². The minimum atomic E-state index is 0.685. The van der Waals surface area contributed by atoms with Gasteiger partial charge in [-0.3, -0.25) is 0 Å². The Morgan fingerprint density at radius 3 is 1.92 bits per heavy atom. The highest BCUT2D eigenvalue weighted by molar-refractivity contribution is 7.81. The lowest BCUT2D eigenvalue weighted by molar-refractivity contribution is 0.372. The molecule has 0 aromatic carbocycles. The van der Waals surface area contributed by atoms with Crippen molar-refractivity contribution in [3.05, 3.63) is 0 Å². The third-order valence-corrected chi connectivity index (χ3v) is 4.46. The molecule has 0 nitrogen and oxygen atoms in total. The third-order valence-electron chi connectivity index (χ3n) is 3.65. The zero-order valence-corrected chi connectivity index (χ0v) is 9.48. The van der Waals surface area contributed by atoms with Crippen LogP contribution in [0.4, 0.5) is 0 Å². The van der Waals surface area contributed by atoms with Gasteiger partial charge in [0.25, 0.3) is 0 Å². The highest BCUT2D eigenvalue weighted by Crippen LogP contribution is 2.44. The van der Waals surface area contributed by atoms with E-state index in [1.807, 2.05) is 0 Å². The summed E-state index contributed by atoms with van der Waals surface area (Å²) in [5.74, 6) is 2.74. The first kappa shape index (κ1) is 10.4. The van der Waals surface area contributed by atoms with Crippen molar-refractivity contribution in [2.75, 3.05) is 0 Å². The largest absolute Gasteiger partial charge is 0.175 e. The maximum Gasteiger partial charge on any atom is 0.00758 e. The molecule has 1 heteroatoms. The highest BCUT2D eigenvalue weighted by Gasteiger charge is 2.37. The van der Waals surface area contributed by atoms with Crippen LogP contribution in [0.3, 0.4) is 0 Å². The smallest absolute Gasteiger partial charge is 0.00758 e. The Hall–Kier alpha value is 0.350. The molecule has 0 radical (unpaired) electrons. The van der Waals surface area contributed by atoms with Crippen LogP contribution in [-0.2, 0) is 0 Å². The lowest BCUT2D eigenvalue weighted by Crippen LogP contribution is -2.16. The van der Waals surface area contributed by atoms with E-state index in [9.17, 15) is 0 Å². The zero-order valence-electron chi connectivity index (χ0n) is 8.59. The topological polar surface area (TPSA) is 0 Å². The third kappa shape index (κ3) is 1.81. The highest BCUT2D eigenvalue weighted by atomic mass is 32.1. The predicted molar refractivity (Wildman–Crippen MR) is 58.7 cm³/mol. The van der Waals surface area contributed by atoms with Crippen LogP contribution in [0.25, 0.3) is 0 Å². The van der Waals surface area contributed by atoms with Gasteiger partial charge in [-0.05, 0) is 24.2 Å². The van der Waals surface area contributed by atoms with E-state index in [1.54, 1.807) is 0 Å². The first-order valence-corrected chi connectivity index (χ1v) is 5.94. The van der Waals surface area contributed by atoms with Gasteiger partial charge in [0, 0.05) is 5.25 Å². The fourth-order valence-electron chi connectivity index (χ4n) is 2.78. The van der Waals surface area contributed by atoms with Gasteiger partial charge < -0.3 is 0 Å². The Labute approximate surface area is 82.5 Å². The van der Waals surface area contributed by atoms with Gasteiger partial charge in [-0.25, -0.2) is 0 Å². The van der Waals surface area contributed by atoms with E-state index >= 15 is 0 Å². The van der Waals surface area contributed by atoms with Gasteiger partial charge in [0.2, 0.25) is 0 Å². The molecule has 0 heterocycles. The van der Waals surface area contributed by atoms with Gasteiger partial charge in [-0.2, -0.15) is 12.6 Å². The van der Waals surface area contributed by atoms with Gasteiger partial charge in [-0.15, -0.1) is 0 Å². The Kier molecular flexibility index (Phi) is 3.95. The van der Waals surface area contributed by atoms with Crippen LogP contribution in [-0.4, -0.2) is 5.25 Å². The molecule has 0 aliphatic heterocycles. The van der Waals surface area contributed by atoms with Crippen molar-refractivity contribution in [3.8, 4) is 0 Å². The maximum atomic E-state index is 4.76. The zero-order chi connectivity index (χ0) is 9.14. The van der Waals surface area contributed by atoms with Crippen LogP contribution in [0.15, 0.2) is 0 Å². The quantitative estimate of drug-likeness (QED) is 0.637. The summed E-state index contributed by atoms with van der Waals surface area (Å²) in [6, 6.07) is 0. The van der Waals surface area contributed by atoms with Crippen molar-refractivity contribution in [3.63, 3.8) is 0 Å². The minimum Gasteiger partial charge on any atom is -0.175 e. The lowest BCUT2D eigenvalue weighted by Gasteiger charge is -2.20. The average molecular weight is 186 g/mol. The number of hydrogen-bond acceptors (Lipinski definition) is 1. The molecule has 0 N–H and O–H groups in total. The summed E-state index contributed by atoms with van der Waals surface area (Å²) in [5.41, 5.74) is 0. The summed E-state index contributed by atoms with van der Waals surface area (Å²) in [6.07, 6.45) is 5.43. The standard InChI is InChI=1S/C11H22S/c1-4-8-7-9(5-2)11(12)10(8)6-3/h8-12H,4-7H2,1-3H3. The van der Waals surface area contributed by atoms with Gasteiger partial charge in [0.05, 0.1) is 0 Å². The number of thiol groups is 1. The molecule has 1 fully saturated rings. The Balaban J connectivity index is 2.58. The Morgan fingerprint density at radius 2 is 1.58 bits per heavy atom. The molecule has 0 aromatic rings. The van der Waals surface area contributed by atoms with Crippen LogP contribution in [0.1, 0.15) is 46.5 Å². The van der Waals surface area contributed by atoms with E-state index in [1.165, 1.54) is 25.7 Å². The van der Waals surface area contributed by atoms with Crippen molar-refractivity contribution >= 4 is 12.6 Å². The second kappa shape index (κ2) is 4.55. The molecular formula is C11H22S. The number of hydrogen-bond donors (Lipinski definition) is 1. The molecule has 12 heavy (non-hydrogen) atoms. The summed E-state index contributed by atoms with van der Waals surface area (Å²) in [7, 11) is 0. The molecule has 0 aromatic heterocycles. The summed E-state index contributed by atoms with van der Waals surface area (Å²) >= 11 is 4.76. The molecule has 0 amide bonds. The summed E-state index contributed by atoms with van der Waals surface area (Å²) in [4.78, 5) is 0. The van der Waals surface area contributed by atoms with Gasteiger partial charge in [-0.1, -0.05) is 40.0 Å². The molecule has 4 unspecified atom stereocenters. The van der Waals surface area contributed by atoms with Crippen LogP contribution >= 0.6 is 12.6 Å². The van der Waals surface area contributed by atoms with E-state index in [0.717, 1.165) is 17.8 Å². The number of rotatable bonds is 3. The Morgan fingerprint density at radius 1 is 1.00 bits per heavy atom. The van der Waals surface area contributed by atoms with Gasteiger partial charge in [0.15, 0.2) is 0 Å². The second-order valence-electron chi connectivity index (χ2n) is 4.14. The van der Waals surface area contributed by atoms with Crippen LogP contribution in [0.5, 0.6) is 0 Å². The molecule has 1 aliphatic carbocycles. The van der Waals surface area contributed by atoms with Crippen LogP contribution in [0.2, 0.25) is 0 Å². The molecule has 4 atom stereocenters. The monoisotopic (exact) mass is 186 g/mol. The normalized spacial score (nSPS) is 42.0. The van der Waals surface area contributed by atoms with E-state index in [0.29, 0.717) is 5.25 Å². The summed E-state index contributed by atoms with van der Waals surface area (Å²) in [6.45, 7) is 6.94. The molecule has 1 rings (SSSR count). The lowest BCUT2D eigenvalue weighted by atomic mass is 9.91. The first-order valence-electron chi connectivity index (χ1n) is 5.42. The van der Waals surface area contributed by atoms with E-state index in [2.05, 4.69) is 20.8 Å². The van der Waals surface area contributed by atoms with Crippen molar-refractivity contribution in [1.29, 1.82) is 0 Å². The molecule has 1 saturated carbocycles. The van der Waals surface area contributed by atoms with E-state index in [4.69, 9.17) is 12.6 Å². The fraction of sp³-hybridized carbons (Fsp3) is 1.00. The van der Waals surface area contributed by atoms with Crippen LogP contribution in [0, 0.1) is 17.8 Å². The van der Waals surface area contributed by atoms with Crippen molar-refractivity contribution < 1.29 is 0 Å². The first-order chi connectivity index (χ1) is 5.74. The molecule has 1 aliphatic rings.